The molecule has 0 spiro atoms. The molecule has 0 aliphatic rings. The Morgan fingerprint density at radius 1 is 1.00 bits per heavy atom. The maximum atomic E-state index is 12.6. The minimum atomic E-state index is -4.44. The van der Waals surface area contributed by atoms with Crippen LogP contribution in [0.3, 0.4) is 0 Å². The molecule has 0 saturated heterocycles. The second-order valence-corrected chi connectivity index (χ2v) is 5.76. The van der Waals surface area contributed by atoms with E-state index in [2.05, 4.69) is 21.2 Å². The van der Waals surface area contributed by atoms with Crippen LogP contribution < -0.4 is 11.1 Å². The SMILES string of the molecule is Nc1cc(C(F)(F)F)ccc1Nc1ccc(Br)c(Cl)c1Cl. The maximum Gasteiger partial charge on any atom is 0.416 e. The van der Waals surface area contributed by atoms with Crippen molar-refractivity contribution in [3.8, 4) is 0 Å². The molecule has 2 aromatic carbocycles. The second-order valence-electron chi connectivity index (χ2n) is 4.15. The van der Waals surface area contributed by atoms with Crippen LogP contribution in [0, 0.1) is 0 Å². The molecule has 0 heterocycles. The standard InChI is InChI=1S/C13H8BrCl2F3N2/c14-7-2-4-10(12(16)11(7)15)21-9-3-1-6(5-8(9)20)13(17,18)19/h1-5,21H,20H2. The molecule has 21 heavy (non-hydrogen) atoms. The van der Waals surface area contributed by atoms with E-state index in [1.165, 1.54) is 6.07 Å². The molecule has 0 bridgehead atoms. The van der Waals surface area contributed by atoms with Gasteiger partial charge in [0.05, 0.1) is 32.7 Å². The average molecular weight is 400 g/mol. The molecule has 0 fully saturated rings. The Morgan fingerprint density at radius 3 is 2.19 bits per heavy atom. The van der Waals surface area contributed by atoms with Gasteiger partial charge in [0.25, 0.3) is 0 Å². The molecule has 0 radical (unpaired) electrons. The van der Waals surface area contributed by atoms with Gasteiger partial charge >= 0.3 is 6.18 Å². The van der Waals surface area contributed by atoms with E-state index in [-0.39, 0.29) is 10.7 Å². The fraction of sp³-hybridized carbons (Fsp3) is 0.0769. The third-order valence-electron chi connectivity index (χ3n) is 2.68. The molecule has 0 atom stereocenters. The first kappa shape index (κ1) is 16.3. The molecule has 8 heteroatoms. The van der Waals surface area contributed by atoms with E-state index in [0.29, 0.717) is 20.9 Å². The Kier molecular flexibility index (Phi) is 4.60. The summed E-state index contributed by atoms with van der Waals surface area (Å²) in [6.45, 7) is 0. The largest absolute Gasteiger partial charge is 0.416 e. The van der Waals surface area contributed by atoms with Crippen molar-refractivity contribution in [1.82, 2.24) is 0 Å². The molecule has 0 saturated carbocycles. The van der Waals surface area contributed by atoms with Crippen molar-refractivity contribution in [2.75, 3.05) is 11.1 Å². The molecule has 0 unspecified atom stereocenters. The lowest BCUT2D eigenvalue weighted by Gasteiger charge is -2.14. The fourth-order valence-electron chi connectivity index (χ4n) is 1.62. The number of hydrogen-bond donors (Lipinski definition) is 2. The predicted octanol–water partition coefficient (Wildman–Crippen LogP) is 6.10. The number of benzene rings is 2. The summed E-state index contributed by atoms with van der Waals surface area (Å²) in [6.07, 6.45) is -4.44. The van der Waals surface area contributed by atoms with Crippen LogP contribution in [-0.4, -0.2) is 0 Å². The summed E-state index contributed by atoms with van der Waals surface area (Å²) in [4.78, 5) is 0. The van der Waals surface area contributed by atoms with E-state index in [9.17, 15) is 13.2 Å². The van der Waals surface area contributed by atoms with Crippen molar-refractivity contribution in [3.05, 3.63) is 50.4 Å². The summed E-state index contributed by atoms with van der Waals surface area (Å²) in [5.74, 6) is 0. The highest BCUT2D eigenvalue weighted by Crippen LogP contribution is 2.39. The number of nitrogen functional groups attached to an aromatic ring is 1. The summed E-state index contributed by atoms with van der Waals surface area (Å²) < 4.78 is 38.3. The molecule has 2 aromatic rings. The Hall–Kier alpha value is -1.11. The molecule has 3 N–H and O–H groups in total. The lowest BCUT2D eigenvalue weighted by molar-refractivity contribution is -0.137. The number of nitrogens with two attached hydrogens (primary N) is 1. The molecule has 0 aliphatic heterocycles. The summed E-state index contributed by atoms with van der Waals surface area (Å²) in [7, 11) is 0. The zero-order chi connectivity index (χ0) is 15.8. The minimum Gasteiger partial charge on any atom is -0.397 e. The Balaban J connectivity index is 2.35. The molecule has 0 aliphatic carbocycles. The quantitative estimate of drug-likeness (QED) is 0.472. The number of hydrogen-bond acceptors (Lipinski definition) is 2. The topological polar surface area (TPSA) is 38.0 Å². The minimum absolute atomic E-state index is 0.0417. The van der Waals surface area contributed by atoms with Crippen LogP contribution in [0.25, 0.3) is 0 Å². The first-order valence-electron chi connectivity index (χ1n) is 5.57. The predicted molar refractivity (Wildman–Crippen MR) is 83.3 cm³/mol. The van der Waals surface area contributed by atoms with E-state index < -0.39 is 11.7 Å². The lowest BCUT2D eigenvalue weighted by atomic mass is 10.1. The van der Waals surface area contributed by atoms with Crippen LogP contribution in [0.15, 0.2) is 34.8 Å². The molecule has 2 nitrogen and oxygen atoms in total. The second kappa shape index (κ2) is 5.94. The van der Waals surface area contributed by atoms with Crippen molar-refractivity contribution in [3.63, 3.8) is 0 Å². The average Bonchev–Trinajstić information content (AvgIpc) is 2.40. The van der Waals surface area contributed by atoms with Crippen LogP contribution >= 0.6 is 39.1 Å². The fourth-order valence-corrected chi connectivity index (χ4v) is 2.44. The monoisotopic (exact) mass is 398 g/mol. The van der Waals surface area contributed by atoms with Crippen LogP contribution in [0.5, 0.6) is 0 Å². The summed E-state index contributed by atoms with van der Waals surface area (Å²) >= 11 is 15.3. The Labute approximate surface area is 137 Å². The zero-order valence-electron chi connectivity index (χ0n) is 10.2. The van der Waals surface area contributed by atoms with Gasteiger partial charge in [-0.3, -0.25) is 0 Å². The van der Waals surface area contributed by atoms with E-state index in [1.807, 2.05) is 0 Å². The van der Waals surface area contributed by atoms with E-state index in [1.54, 1.807) is 12.1 Å². The van der Waals surface area contributed by atoms with Crippen molar-refractivity contribution >= 4 is 56.2 Å². The summed E-state index contributed by atoms with van der Waals surface area (Å²) in [5.41, 5.74) is 5.53. The zero-order valence-corrected chi connectivity index (χ0v) is 13.3. The van der Waals surface area contributed by atoms with Gasteiger partial charge in [-0.15, -0.1) is 0 Å². The summed E-state index contributed by atoms with van der Waals surface area (Å²) in [6, 6.07) is 6.33. The van der Waals surface area contributed by atoms with Crippen molar-refractivity contribution in [1.29, 1.82) is 0 Å². The third kappa shape index (κ3) is 3.56. The number of halogens is 6. The highest BCUT2D eigenvalue weighted by molar-refractivity contribution is 9.10. The first-order valence-corrected chi connectivity index (χ1v) is 7.12. The van der Waals surface area contributed by atoms with Gasteiger partial charge in [0.2, 0.25) is 0 Å². The third-order valence-corrected chi connectivity index (χ3v) is 4.45. The smallest absolute Gasteiger partial charge is 0.397 e. The van der Waals surface area contributed by atoms with Crippen molar-refractivity contribution in [2.45, 2.75) is 6.18 Å². The van der Waals surface area contributed by atoms with E-state index in [4.69, 9.17) is 28.9 Å². The van der Waals surface area contributed by atoms with Gasteiger partial charge in [0, 0.05) is 4.47 Å². The van der Waals surface area contributed by atoms with Gasteiger partial charge in [-0.05, 0) is 46.3 Å². The van der Waals surface area contributed by atoms with Gasteiger partial charge in [0.15, 0.2) is 0 Å². The van der Waals surface area contributed by atoms with Gasteiger partial charge < -0.3 is 11.1 Å². The van der Waals surface area contributed by atoms with Crippen LogP contribution in [0.1, 0.15) is 5.56 Å². The maximum absolute atomic E-state index is 12.6. The Morgan fingerprint density at radius 2 is 1.62 bits per heavy atom. The molecule has 2 rings (SSSR count). The lowest BCUT2D eigenvalue weighted by Crippen LogP contribution is -2.06. The molecule has 0 amide bonds. The van der Waals surface area contributed by atoms with Crippen LogP contribution in [0.4, 0.5) is 30.2 Å². The van der Waals surface area contributed by atoms with E-state index in [0.717, 1.165) is 12.1 Å². The highest BCUT2D eigenvalue weighted by Gasteiger charge is 2.30. The Bertz CT molecular complexity index is 690. The number of rotatable bonds is 2. The van der Waals surface area contributed by atoms with Crippen molar-refractivity contribution in [2.24, 2.45) is 0 Å². The first-order chi connectivity index (χ1) is 9.70. The van der Waals surface area contributed by atoms with Crippen LogP contribution in [-0.2, 0) is 6.18 Å². The van der Waals surface area contributed by atoms with Gasteiger partial charge in [-0.25, -0.2) is 0 Å². The number of nitrogens with one attached hydrogen (secondary N) is 1. The van der Waals surface area contributed by atoms with Gasteiger partial charge in [0.1, 0.15) is 0 Å². The summed E-state index contributed by atoms with van der Waals surface area (Å²) in [5, 5.41) is 3.40. The van der Waals surface area contributed by atoms with E-state index >= 15 is 0 Å². The van der Waals surface area contributed by atoms with Crippen molar-refractivity contribution < 1.29 is 13.2 Å². The number of anilines is 3. The molecular weight excluding hydrogens is 392 g/mol. The molecule has 0 aromatic heterocycles. The normalized spacial score (nSPS) is 11.5. The highest BCUT2D eigenvalue weighted by atomic mass is 79.9. The van der Waals surface area contributed by atoms with Gasteiger partial charge in [-0.2, -0.15) is 13.2 Å². The molecular formula is C13H8BrCl2F3N2. The van der Waals surface area contributed by atoms with Gasteiger partial charge in [-0.1, -0.05) is 23.2 Å². The molecule has 112 valence electrons. The van der Waals surface area contributed by atoms with Crippen LogP contribution in [0.2, 0.25) is 10.0 Å². The number of alkyl halides is 3.